The van der Waals surface area contributed by atoms with Gasteiger partial charge < -0.3 is 10.2 Å². The van der Waals surface area contributed by atoms with Crippen molar-refractivity contribution in [1.29, 1.82) is 0 Å². The van der Waals surface area contributed by atoms with Gasteiger partial charge in [-0.2, -0.15) is 0 Å². The van der Waals surface area contributed by atoms with E-state index in [0.29, 0.717) is 6.42 Å². The fourth-order valence-corrected chi connectivity index (χ4v) is 1.03. The highest BCUT2D eigenvalue weighted by Crippen LogP contribution is 2.15. The Morgan fingerprint density at radius 3 is 2.00 bits per heavy atom. The second-order valence-corrected chi connectivity index (χ2v) is 3.09. The summed E-state index contributed by atoms with van der Waals surface area (Å²) in [5.41, 5.74) is 0. The molecular formula is C8H16O3. The molecule has 0 radical (unpaired) electrons. The maximum Gasteiger partial charge on any atom is 0.309 e. The molecule has 0 saturated heterocycles. The van der Waals surface area contributed by atoms with Gasteiger partial charge >= 0.3 is 5.97 Å². The second-order valence-electron chi connectivity index (χ2n) is 3.09. The van der Waals surface area contributed by atoms with E-state index in [1.807, 2.05) is 13.8 Å². The fraction of sp³-hybridized carbons (Fsp3) is 0.875. The first kappa shape index (κ1) is 10.4. The van der Waals surface area contributed by atoms with Gasteiger partial charge in [0, 0.05) is 0 Å². The standard InChI is InChI=1S/C8H16O3/c1-4-6(8(10)11)7(9)5(2)3/h5-7,9H,4H2,1-3H3,(H,10,11). The third-order valence-corrected chi connectivity index (χ3v) is 1.85. The highest BCUT2D eigenvalue weighted by atomic mass is 16.4. The van der Waals surface area contributed by atoms with Crippen LogP contribution in [0.25, 0.3) is 0 Å². The zero-order valence-electron chi connectivity index (χ0n) is 7.24. The lowest BCUT2D eigenvalue weighted by atomic mass is 9.91. The summed E-state index contributed by atoms with van der Waals surface area (Å²) in [5, 5.41) is 18.0. The summed E-state index contributed by atoms with van der Waals surface area (Å²) in [5.74, 6) is -1.51. The maximum atomic E-state index is 10.5. The van der Waals surface area contributed by atoms with Crippen LogP contribution in [0, 0.1) is 11.8 Å². The molecule has 3 heteroatoms. The zero-order chi connectivity index (χ0) is 9.02. The van der Waals surface area contributed by atoms with Crippen molar-refractivity contribution < 1.29 is 15.0 Å². The van der Waals surface area contributed by atoms with Gasteiger partial charge in [0.15, 0.2) is 0 Å². The summed E-state index contributed by atoms with van der Waals surface area (Å²) in [6.07, 6.45) is -0.244. The van der Waals surface area contributed by atoms with Gasteiger partial charge in [-0.25, -0.2) is 0 Å². The molecule has 0 aromatic carbocycles. The SMILES string of the molecule is CCC(C(=O)O)C(O)C(C)C. The highest BCUT2D eigenvalue weighted by Gasteiger charge is 2.26. The summed E-state index contributed by atoms with van der Waals surface area (Å²) in [7, 11) is 0. The average molecular weight is 160 g/mol. The smallest absolute Gasteiger partial charge is 0.309 e. The predicted molar refractivity (Wildman–Crippen MR) is 42.3 cm³/mol. The molecule has 0 fully saturated rings. The first-order valence-corrected chi connectivity index (χ1v) is 3.91. The Bertz CT molecular complexity index is 131. The zero-order valence-corrected chi connectivity index (χ0v) is 7.24. The molecule has 0 saturated carbocycles. The molecule has 0 amide bonds. The average Bonchev–Trinajstić information content (AvgIpc) is 1.88. The normalized spacial score (nSPS) is 16.5. The van der Waals surface area contributed by atoms with Crippen LogP contribution in [0.4, 0.5) is 0 Å². The minimum Gasteiger partial charge on any atom is -0.481 e. The quantitative estimate of drug-likeness (QED) is 0.647. The molecule has 0 aliphatic rings. The van der Waals surface area contributed by atoms with Crippen LogP contribution in [0.1, 0.15) is 27.2 Å². The van der Waals surface area contributed by atoms with Crippen molar-refractivity contribution in [2.24, 2.45) is 11.8 Å². The molecule has 0 rings (SSSR count). The summed E-state index contributed by atoms with van der Waals surface area (Å²) in [6.45, 7) is 5.40. The Morgan fingerprint density at radius 1 is 1.45 bits per heavy atom. The maximum absolute atomic E-state index is 10.5. The van der Waals surface area contributed by atoms with Gasteiger partial charge in [0.25, 0.3) is 0 Å². The molecule has 2 N–H and O–H groups in total. The van der Waals surface area contributed by atoms with Crippen LogP contribution < -0.4 is 0 Å². The molecule has 0 aliphatic carbocycles. The number of carboxylic acid groups (broad SMARTS) is 1. The number of aliphatic hydroxyl groups is 1. The molecule has 0 aromatic rings. The van der Waals surface area contributed by atoms with E-state index in [-0.39, 0.29) is 5.92 Å². The summed E-state index contributed by atoms with van der Waals surface area (Å²) in [6, 6.07) is 0. The van der Waals surface area contributed by atoms with Crippen LogP contribution >= 0.6 is 0 Å². The Morgan fingerprint density at radius 2 is 1.91 bits per heavy atom. The Kier molecular flexibility index (Phi) is 4.11. The Balaban J connectivity index is 4.14. The number of carboxylic acids is 1. The van der Waals surface area contributed by atoms with E-state index in [4.69, 9.17) is 5.11 Å². The van der Waals surface area contributed by atoms with Crippen molar-refractivity contribution in [3.05, 3.63) is 0 Å². The molecule has 0 spiro atoms. The molecule has 0 bridgehead atoms. The van der Waals surface area contributed by atoms with Crippen LogP contribution in [0.3, 0.4) is 0 Å². The number of rotatable bonds is 4. The van der Waals surface area contributed by atoms with Crippen molar-refractivity contribution in [3.63, 3.8) is 0 Å². The van der Waals surface area contributed by atoms with Gasteiger partial charge in [-0.1, -0.05) is 20.8 Å². The highest BCUT2D eigenvalue weighted by molar-refractivity contribution is 5.70. The van der Waals surface area contributed by atoms with Gasteiger partial charge in [-0.05, 0) is 12.3 Å². The Labute approximate surface area is 67.0 Å². The first-order valence-electron chi connectivity index (χ1n) is 3.91. The van der Waals surface area contributed by atoms with E-state index in [1.165, 1.54) is 0 Å². The second kappa shape index (κ2) is 4.34. The number of hydrogen-bond acceptors (Lipinski definition) is 2. The van der Waals surface area contributed by atoms with Crippen molar-refractivity contribution in [2.45, 2.75) is 33.3 Å². The van der Waals surface area contributed by atoms with Crippen LogP contribution in [0.2, 0.25) is 0 Å². The topological polar surface area (TPSA) is 57.5 Å². The molecule has 0 aliphatic heterocycles. The van der Waals surface area contributed by atoms with Gasteiger partial charge in [0.05, 0.1) is 12.0 Å². The van der Waals surface area contributed by atoms with Crippen molar-refractivity contribution in [2.75, 3.05) is 0 Å². The molecule has 66 valence electrons. The molecule has 2 unspecified atom stereocenters. The summed E-state index contributed by atoms with van der Waals surface area (Å²) < 4.78 is 0. The summed E-state index contributed by atoms with van der Waals surface area (Å²) >= 11 is 0. The molecule has 11 heavy (non-hydrogen) atoms. The number of carbonyl (C=O) groups is 1. The molecule has 0 aromatic heterocycles. The van der Waals surface area contributed by atoms with E-state index >= 15 is 0 Å². The van der Waals surface area contributed by atoms with E-state index in [9.17, 15) is 9.90 Å². The molecule has 0 heterocycles. The van der Waals surface area contributed by atoms with Crippen LogP contribution in [-0.2, 0) is 4.79 Å². The monoisotopic (exact) mass is 160 g/mol. The first-order chi connectivity index (χ1) is 5.00. The lowest BCUT2D eigenvalue weighted by Crippen LogP contribution is -2.31. The van der Waals surface area contributed by atoms with Crippen LogP contribution in [-0.4, -0.2) is 22.3 Å². The van der Waals surface area contributed by atoms with Gasteiger partial charge in [-0.3, -0.25) is 4.79 Å². The third kappa shape index (κ3) is 2.89. The van der Waals surface area contributed by atoms with Crippen molar-refractivity contribution in [3.8, 4) is 0 Å². The number of hydrogen-bond donors (Lipinski definition) is 2. The van der Waals surface area contributed by atoms with Crippen LogP contribution in [0.5, 0.6) is 0 Å². The van der Waals surface area contributed by atoms with E-state index < -0.39 is 18.0 Å². The minimum atomic E-state index is -0.909. The fourth-order valence-electron chi connectivity index (χ4n) is 1.03. The van der Waals surface area contributed by atoms with Gasteiger partial charge in [0.2, 0.25) is 0 Å². The number of aliphatic hydroxyl groups excluding tert-OH is 1. The number of aliphatic carboxylic acids is 1. The van der Waals surface area contributed by atoms with E-state index in [1.54, 1.807) is 6.92 Å². The van der Waals surface area contributed by atoms with Crippen LogP contribution in [0.15, 0.2) is 0 Å². The Hall–Kier alpha value is -0.570. The predicted octanol–water partition coefficient (Wildman–Crippen LogP) is 1.11. The molecule has 2 atom stereocenters. The minimum absolute atomic E-state index is 0.0102. The van der Waals surface area contributed by atoms with E-state index in [2.05, 4.69) is 0 Å². The van der Waals surface area contributed by atoms with Gasteiger partial charge in [-0.15, -0.1) is 0 Å². The van der Waals surface area contributed by atoms with Gasteiger partial charge in [0.1, 0.15) is 0 Å². The molecule has 3 nitrogen and oxygen atoms in total. The summed E-state index contributed by atoms with van der Waals surface area (Å²) in [4.78, 5) is 10.5. The third-order valence-electron chi connectivity index (χ3n) is 1.85. The van der Waals surface area contributed by atoms with Crippen molar-refractivity contribution >= 4 is 5.97 Å². The molecular weight excluding hydrogens is 144 g/mol. The van der Waals surface area contributed by atoms with Crippen molar-refractivity contribution in [1.82, 2.24) is 0 Å². The lowest BCUT2D eigenvalue weighted by Gasteiger charge is -2.20. The lowest BCUT2D eigenvalue weighted by molar-refractivity contribution is -0.147. The van der Waals surface area contributed by atoms with E-state index in [0.717, 1.165) is 0 Å². The largest absolute Gasteiger partial charge is 0.481 e.